The molecule has 3 aromatic rings. The molecule has 24 heavy (non-hydrogen) atoms. The van der Waals surface area contributed by atoms with Crippen LogP contribution in [0.25, 0.3) is 5.82 Å². The molecule has 0 spiro atoms. The fraction of sp³-hybridized carbons (Fsp3) is 0.118. The summed E-state index contributed by atoms with van der Waals surface area (Å²) in [6.45, 7) is 1.62. The second kappa shape index (κ2) is 6.57. The number of hydrogen-bond acceptors (Lipinski definition) is 3. The molecular formula is C17H14F2N4O. The Morgan fingerprint density at radius 2 is 2.08 bits per heavy atom. The van der Waals surface area contributed by atoms with E-state index in [1.807, 2.05) is 0 Å². The maximum atomic E-state index is 13.8. The number of hydrogen-bond donors (Lipinski definition) is 1. The minimum absolute atomic E-state index is 0.214. The smallest absolute Gasteiger partial charge is 0.253 e. The topological polar surface area (TPSA) is 59.8 Å². The quantitative estimate of drug-likeness (QED) is 0.801. The molecule has 0 unspecified atom stereocenters. The van der Waals surface area contributed by atoms with Crippen LogP contribution in [0.3, 0.4) is 0 Å². The Morgan fingerprint density at radius 1 is 1.25 bits per heavy atom. The van der Waals surface area contributed by atoms with Gasteiger partial charge in [0.25, 0.3) is 5.91 Å². The number of nitrogens with zero attached hydrogens (tertiary/aromatic N) is 3. The molecule has 0 fully saturated rings. The highest BCUT2D eigenvalue weighted by Crippen LogP contribution is 2.18. The molecule has 7 heteroatoms. The highest BCUT2D eigenvalue weighted by atomic mass is 19.1. The molecule has 0 saturated carbocycles. The van der Waals surface area contributed by atoms with Gasteiger partial charge in [-0.2, -0.15) is 5.10 Å². The lowest BCUT2D eigenvalue weighted by Crippen LogP contribution is -2.27. The largest absolute Gasteiger partial charge is 0.345 e. The molecule has 1 atom stereocenters. The number of pyridine rings is 1. The Bertz CT molecular complexity index is 848. The second-order valence-electron chi connectivity index (χ2n) is 5.22. The highest BCUT2D eigenvalue weighted by molar-refractivity contribution is 5.94. The van der Waals surface area contributed by atoms with Crippen molar-refractivity contribution < 1.29 is 13.6 Å². The van der Waals surface area contributed by atoms with Crippen LogP contribution >= 0.6 is 0 Å². The molecule has 1 N–H and O–H groups in total. The van der Waals surface area contributed by atoms with Crippen molar-refractivity contribution >= 4 is 5.91 Å². The Kier molecular flexibility index (Phi) is 4.33. The van der Waals surface area contributed by atoms with E-state index in [1.54, 1.807) is 42.2 Å². The van der Waals surface area contributed by atoms with Gasteiger partial charge in [0.15, 0.2) is 5.82 Å². The predicted molar refractivity (Wildman–Crippen MR) is 83.6 cm³/mol. The molecule has 0 radical (unpaired) electrons. The van der Waals surface area contributed by atoms with Crippen molar-refractivity contribution in [2.24, 2.45) is 0 Å². The summed E-state index contributed by atoms with van der Waals surface area (Å²) in [5.41, 5.74) is 0.547. The van der Waals surface area contributed by atoms with E-state index in [-0.39, 0.29) is 5.56 Å². The van der Waals surface area contributed by atoms with Crippen LogP contribution < -0.4 is 5.32 Å². The van der Waals surface area contributed by atoms with E-state index in [1.165, 1.54) is 12.3 Å². The first-order valence-corrected chi connectivity index (χ1v) is 7.26. The molecule has 2 heterocycles. The van der Waals surface area contributed by atoms with Gasteiger partial charge in [0.2, 0.25) is 0 Å². The molecule has 0 aliphatic heterocycles. The van der Waals surface area contributed by atoms with Crippen LogP contribution in [0.4, 0.5) is 8.78 Å². The van der Waals surface area contributed by atoms with Crippen molar-refractivity contribution in [1.29, 1.82) is 0 Å². The Labute approximate surface area is 137 Å². The first-order chi connectivity index (χ1) is 11.5. The van der Waals surface area contributed by atoms with Gasteiger partial charge >= 0.3 is 0 Å². The van der Waals surface area contributed by atoms with Crippen molar-refractivity contribution in [2.75, 3.05) is 0 Å². The summed E-state index contributed by atoms with van der Waals surface area (Å²) < 4.78 is 28.3. The third-order valence-corrected chi connectivity index (χ3v) is 3.53. The number of nitrogens with one attached hydrogen (secondary N) is 1. The number of carbonyl (C=O) groups is 1. The number of halogens is 2. The van der Waals surface area contributed by atoms with Crippen LogP contribution in [0, 0.1) is 11.6 Å². The maximum Gasteiger partial charge on any atom is 0.253 e. The zero-order valence-corrected chi connectivity index (χ0v) is 12.8. The first-order valence-electron chi connectivity index (χ1n) is 7.26. The molecule has 122 valence electrons. The number of rotatable bonds is 4. The molecule has 0 saturated heterocycles. The number of aromatic nitrogens is 3. The summed E-state index contributed by atoms with van der Waals surface area (Å²) >= 11 is 0. The van der Waals surface area contributed by atoms with Crippen molar-refractivity contribution in [3.63, 3.8) is 0 Å². The van der Waals surface area contributed by atoms with Gasteiger partial charge in [0, 0.05) is 30.2 Å². The van der Waals surface area contributed by atoms with Gasteiger partial charge in [-0.05, 0) is 31.2 Å². The van der Waals surface area contributed by atoms with Crippen LogP contribution in [0.5, 0.6) is 0 Å². The Hall–Kier alpha value is -3.09. The van der Waals surface area contributed by atoms with Gasteiger partial charge in [-0.25, -0.2) is 18.4 Å². The van der Waals surface area contributed by atoms with E-state index in [0.717, 1.165) is 12.1 Å². The van der Waals surface area contributed by atoms with E-state index < -0.39 is 23.6 Å². The molecule has 5 nitrogen and oxygen atoms in total. The van der Waals surface area contributed by atoms with E-state index in [4.69, 9.17) is 0 Å². The molecule has 0 aliphatic carbocycles. The number of carbonyl (C=O) groups excluding carboxylic acids is 1. The minimum atomic E-state index is -0.699. The van der Waals surface area contributed by atoms with E-state index in [0.29, 0.717) is 11.4 Å². The van der Waals surface area contributed by atoms with Crippen LogP contribution in [0.2, 0.25) is 0 Å². The van der Waals surface area contributed by atoms with E-state index in [9.17, 15) is 13.6 Å². The standard InChI is InChI=1S/C17H14F2N4O/c1-11(14-5-4-13(18)9-15(14)19)22-17(24)12-3-6-16(20-10-12)23-8-2-7-21-23/h2-11H,1H3,(H,22,24)/t11-/m1/s1. The lowest BCUT2D eigenvalue weighted by Gasteiger charge is -2.15. The predicted octanol–water partition coefficient (Wildman–Crippen LogP) is 3.04. The Balaban J connectivity index is 1.72. The van der Waals surface area contributed by atoms with Crippen LogP contribution in [-0.4, -0.2) is 20.7 Å². The SMILES string of the molecule is C[C@@H](NC(=O)c1ccc(-n2cccn2)nc1)c1ccc(F)cc1F. The normalized spacial score (nSPS) is 12.0. The average molecular weight is 328 g/mol. The molecule has 2 aromatic heterocycles. The molecule has 1 amide bonds. The van der Waals surface area contributed by atoms with Crippen molar-refractivity contribution in [3.05, 3.63) is 77.8 Å². The summed E-state index contributed by atoms with van der Waals surface area (Å²) in [5, 5.41) is 6.71. The Morgan fingerprint density at radius 3 is 2.71 bits per heavy atom. The zero-order valence-electron chi connectivity index (χ0n) is 12.8. The number of benzene rings is 1. The van der Waals surface area contributed by atoms with Gasteiger partial charge in [-0.15, -0.1) is 0 Å². The summed E-state index contributed by atoms with van der Waals surface area (Å²) in [6.07, 6.45) is 4.78. The van der Waals surface area contributed by atoms with E-state index in [2.05, 4.69) is 15.4 Å². The van der Waals surface area contributed by atoms with Crippen LogP contribution in [-0.2, 0) is 0 Å². The van der Waals surface area contributed by atoms with Gasteiger partial charge in [-0.1, -0.05) is 6.07 Å². The van der Waals surface area contributed by atoms with Crippen LogP contribution in [0.1, 0.15) is 28.9 Å². The molecular weight excluding hydrogens is 314 g/mol. The fourth-order valence-corrected chi connectivity index (χ4v) is 2.27. The molecule has 1 aromatic carbocycles. The third kappa shape index (κ3) is 3.29. The van der Waals surface area contributed by atoms with Crippen molar-refractivity contribution in [2.45, 2.75) is 13.0 Å². The van der Waals surface area contributed by atoms with Crippen molar-refractivity contribution in [3.8, 4) is 5.82 Å². The minimum Gasteiger partial charge on any atom is -0.345 e. The average Bonchev–Trinajstić information content (AvgIpc) is 3.09. The second-order valence-corrected chi connectivity index (χ2v) is 5.22. The zero-order chi connectivity index (χ0) is 17.1. The fourth-order valence-electron chi connectivity index (χ4n) is 2.27. The lowest BCUT2D eigenvalue weighted by atomic mass is 10.1. The van der Waals surface area contributed by atoms with Crippen molar-refractivity contribution in [1.82, 2.24) is 20.1 Å². The van der Waals surface area contributed by atoms with Crippen LogP contribution in [0.15, 0.2) is 55.0 Å². The summed E-state index contributed by atoms with van der Waals surface area (Å²) in [7, 11) is 0. The third-order valence-electron chi connectivity index (χ3n) is 3.53. The summed E-state index contributed by atoms with van der Waals surface area (Å²) in [6, 6.07) is 7.68. The van der Waals surface area contributed by atoms with Gasteiger partial charge < -0.3 is 5.32 Å². The molecule has 3 rings (SSSR count). The lowest BCUT2D eigenvalue weighted by molar-refractivity contribution is 0.0939. The van der Waals surface area contributed by atoms with Gasteiger partial charge in [0.05, 0.1) is 11.6 Å². The van der Waals surface area contributed by atoms with Gasteiger partial charge in [-0.3, -0.25) is 4.79 Å². The molecule has 0 aliphatic rings. The summed E-state index contributed by atoms with van der Waals surface area (Å²) in [4.78, 5) is 16.4. The van der Waals surface area contributed by atoms with Gasteiger partial charge in [0.1, 0.15) is 11.6 Å². The number of amides is 1. The van der Waals surface area contributed by atoms with E-state index >= 15 is 0 Å². The molecule has 0 bridgehead atoms. The summed E-state index contributed by atoms with van der Waals surface area (Å²) in [5.74, 6) is -1.18. The highest BCUT2D eigenvalue weighted by Gasteiger charge is 2.15. The first kappa shape index (κ1) is 15.8. The maximum absolute atomic E-state index is 13.8. The monoisotopic (exact) mass is 328 g/mol.